The van der Waals surface area contributed by atoms with E-state index in [9.17, 15) is 108 Å². The highest BCUT2D eigenvalue weighted by Crippen LogP contribution is 2.45. The molecular formula is C85H155N9O33P2. The summed E-state index contributed by atoms with van der Waals surface area (Å²) in [6, 6.07) is -3.19. The van der Waals surface area contributed by atoms with Crippen molar-refractivity contribution in [2.45, 2.75) is 344 Å². The van der Waals surface area contributed by atoms with Crippen molar-refractivity contribution in [2.75, 3.05) is 132 Å². The molecule has 42 nitrogen and oxygen atoms in total. The molecule has 0 bridgehead atoms. The average Bonchev–Trinajstić information content (AvgIpc) is 1.79. The second-order valence-electron chi connectivity index (χ2n) is 34.0. The van der Waals surface area contributed by atoms with E-state index in [-0.39, 0.29) is 140 Å². The van der Waals surface area contributed by atoms with Crippen molar-refractivity contribution < 1.29 is 159 Å². The van der Waals surface area contributed by atoms with Crippen LogP contribution >= 0.6 is 15.6 Å². The Hall–Kier alpha value is -5.19. The van der Waals surface area contributed by atoms with Crippen LogP contribution in [0.15, 0.2) is 0 Å². The van der Waals surface area contributed by atoms with E-state index in [1.54, 1.807) is 0 Å². The molecule has 129 heavy (non-hydrogen) atoms. The summed E-state index contributed by atoms with van der Waals surface area (Å²) in [5.41, 5.74) is 0. The molecule has 3 heterocycles. The molecule has 2 saturated carbocycles. The van der Waals surface area contributed by atoms with Gasteiger partial charge >= 0.3 is 15.6 Å². The van der Waals surface area contributed by atoms with Crippen LogP contribution in [0.4, 0.5) is 0 Å². The molecule has 5 rings (SSSR count). The lowest BCUT2D eigenvalue weighted by molar-refractivity contribution is -0.270. The van der Waals surface area contributed by atoms with Crippen LogP contribution < -0.4 is 31.9 Å². The van der Waals surface area contributed by atoms with Gasteiger partial charge in [-0.15, -0.1) is 0 Å². The van der Waals surface area contributed by atoms with Gasteiger partial charge in [-0.3, -0.25) is 61.2 Å². The van der Waals surface area contributed by atoms with E-state index in [0.717, 1.165) is 31.6 Å². The van der Waals surface area contributed by atoms with Crippen molar-refractivity contribution in [3.05, 3.63) is 0 Å². The van der Waals surface area contributed by atoms with E-state index >= 15 is 0 Å². The van der Waals surface area contributed by atoms with Crippen LogP contribution in [0.1, 0.15) is 246 Å². The van der Waals surface area contributed by atoms with Crippen LogP contribution in [0.2, 0.25) is 0 Å². The Bertz CT molecular complexity index is 3310. The molecule has 0 aromatic carbocycles. The first-order valence-corrected chi connectivity index (χ1v) is 49.8. The molecule has 5 fully saturated rings. The Morgan fingerprint density at radius 2 is 0.636 bits per heavy atom. The van der Waals surface area contributed by atoms with Crippen LogP contribution in [0, 0.1) is 11.8 Å². The van der Waals surface area contributed by atoms with Gasteiger partial charge < -0.3 is 136 Å². The van der Waals surface area contributed by atoms with E-state index < -0.39 is 171 Å². The van der Waals surface area contributed by atoms with E-state index in [4.69, 9.17) is 51.3 Å². The van der Waals surface area contributed by atoms with Gasteiger partial charge in [0.15, 0.2) is 18.9 Å². The number of hydrogen-bond acceptors (Lipinski definition) is 31. The number of phosphoric ester groups is 2. The van der Waals surface area contributed by atoms with Gasteiger partial charge in [0.05, 0.1) is 59.0 Å². The number of amides is 9. The number of aliphatic hydroxyl groups excluding tert-OH is 9. The van der Waals surface area contributed by atoms with Crippen LogP contribution in [0.25, 0.3) is 0 Å². The Morgan fingerprint density at radius 3 is 0.953 bits per heavy atom. The molecule has 0 aromatic rings. The molecule has 17 N–H and O–H groups in total. The predicted molar refractivity (Wildman–Crippen MR) is 466 cm³/mol. The maximum atomic E-state index is 14.0. The summed E-state index contributed by atoms with van der Waals surface area (Å²) in [7, 11) is -9.66. The topological polar surface area (TPSA) is 594 Å². The number of ether oxygens (including phenoxy) is 7. The standard InChI is InChI=1S/C85H155N9O33P2/c1-5-42-92(71(104)34-15-6-20-39-86-68(101)31-12-9-23-48-118-83-74(89-59(2)98)80(110)77(107)65(56-95)125-83)44-52-121-128(113,114)123-54-46-94(73(106)36-17-8-22-41-88-70(103)33-14-11-25-50-120-85-76(91-61(4)100)82(112)79(109)67(58-97)127-85)47-55-124-129(115,116)122-53-45-93(43-51-117-64-30-26-29-63(37-38-64)62-27-18-19-28-62)72(105)35-16-7-21-40-87-69(102)32-13-10-24-49-119-84-75(90-60(3)99)81(111)78(108)66(57-96)126-84/h62-67,74-85,95-97,107-112H,5-58H2,1-4H3,(H,86,101)(H,87,102)(H,88,103)(H,89,98)(H,90,99)(H,91,100)(H,113,114)(H,115,116). The van der Waals surface area contributed by atoms with Crippen molar-refractivity contribution in [1.82, 2.24) is 46.6 Å². The maximum absolute atomic E-state index is 14.0. The zero-order valence-electron chi connectivity index (χ0n) is 76.2. The molecule has 2 aliphatic carbocycles. The zero-order chi connectivity index (χ0) is 94.5. The first-order chi connectivity index (χ1) is 61.8. The lowest BCUT2D eigenvalue weighted by Gasteiger charge is -2.42. The van der Waals surface area contributed by atoms with Crippen LogP contribution in [-0.2, 0) is 104 Å². The number of hydrogen-bond donors (Lipinski definition) is 17. The Kier molecular flexibility index (Phi) is 57.3. The number of rotatable bonds is 68. The first kappa shape index (κ1) is 114. The third-order valence-corrected chi connectivity index (χ3v) is 25.7. The van der Waals surface area contributed by atoms with Gasteiger partial charge in [-0.1, -0.05) is 84.0 Å². The normalized spacial score (nSPS) is 25.9. The summed E-state index contributed by atoms with van der Waals surface area (Å²) < 4.78 is 88.7. The summed E-state index contributed by atoms with van der Waals surface area (Å²) in [5, 5.41) is 107. The minimum Gasteiger partial charge on any atom is -0.394 e. The van der Waals surface area contributed by atoms with E-state index in [0.29, 0.717) is 154 Å². The number of aliphatic hydroxyl groups is 9. The molecule has 9 amide bonds. The molecule has 19 unspecified atom stereocenters. The van der Waals surface area contributed by atoms with Crippen molar-refractivity contribution in [2.24, 2.45) is 11.8 Å². The van der Waals surface area contributed by atoms with E-state index in [1.165, 1.54) is 67.6 Å². The van der Waals surface area contributed by atoms with Crippen molar-refractivity contribution in [3.63, 3.8) is 0 Å². The smallest absolute Gasteiger partial charge is 0.394 e. The minimum atomic E-state index is -4.86. The van der Waals surface area contributed by atoms with Crippen molar-refractivity contribution >= 4 is 68.8 Å². The lowest BCUT2D eigenvalue weighted by atomic mass is 9.85. The second-order valence-corrected chi connectivity index (χ2v) is 37.0. The van der Waals surface area contributed by atoms with Gasteiger partial charge in [-0.05, 0) is 115 Å². The summed E-state index contributed by atoms with van der Waals surface area (Å²) in [6.07, 6.45) is 6.14. The van der Waals surface area contributed by atoms with Crippen molar-refractivity contribution in [3.8, 4) is 0 Å². The molecule has 5 aliphatic rings. The Balaban J connectivity index is 1.07. The summed E-state index contributed by atoms with van der Waals surface area (Å²) in [5.74, 6) is -1.41. The van der Waals surface area contributed by atoms with Crippen molar-refractivity contribution in [1.29, 1.82) is 0 Å². The van der Waals surface area contributed by atoms with E-state index in [1.807, 2.05) is 6.92 Å². The van der Waals surface area contributed by atoms with Gasteiger partial charge in [0.1, 0.15) is 73.1 Å². The van der Waals surface area contributed by atoms with Gasteiger partial charge in [0.25, 0.3) is 0 Å². The molecular weight excluding hydrogens is 1740 g/mol. The van der Waals surface area contributed by atoms with E-state index in [2.05, 4.69) is 31.9 Å². The molecule has 3 aliphatic heterocycles. The number of carbonyl (C=O) groups excluding carboxylic acids is 9. The Labute approximate surface area is 758 Å². The average molecular weight is 1890 g/mol. The van der Waals surface area contributed by atoms with Crippen LogP contribution in [0.5, 0.6) is 0 Å². The zero-order valence-corrected chi connectivity index (χ0v) is 78.0. The number of nitrogens with one attached hydrogen (secondary N) is 6. The molecule has 748 valence electrons. The van der Waals surface area contributed by atoms with Gasteiger partial charge in [-0.2, -0.15) is 0 Å². The first-order valence-electron chi connectivity index (χ1n) is 46.8. The second kappa shape index (κ2) is 64.7. The molecule has 0 radical (unpaired) electrons. The number of carbonyl (C=O) groups is 9. The summed E-state index contributed by atoms with van der Waals surface area (Å²) >= 11 is 0. The SMILES string of the molecule is CCCN(CCOP(=O)(O)OCCN(CCOP(=O)(O)OCCN(CCOC1CCCC(C2CCCC2)CC1)C(=O)CCCCCNC(=O)CCCCCOC1OC(CO)C(O)C(O)C1NC(C)=O)C(=O)CCCCCNC(=O)CCCCCOC1OC(CO)C(O)C(O)C1NC(C)=O)C(=O)CCCCCNC(=O)CCCCCOC1OC(CO)C(O)C(O)C1NC(C)=O. The quantitative estimate of drug-likeness (QED) is 0.0235. The highest BCUT2D eigenvalue weighted by atomic mass is 31.2. The van der Waals surface area contributed by atoms with Gasteiger partial charge in [-0.25, -0.2) is 9.13 Å². The summed E-state index contributed by atoms with van der Waals surface area (Å²) in [4.78, 5) is 141. The fraction of sp³-hybridized carbons (Fsp3) is 0.894. The van der Waals surface area contributed by atoms with Crippen LogP contribution in [0.3, 0.4) is 0 Å². The monoisotopic (exact) mass is 1890 g/mol. The highest BCUT2D eigenvalue weighted by Gasteiger charge is 2.48. The Morgan fingerprint density at radius 1 is 0.341 bits per heavy atom. The number of unbranched alkanes of at least 4 members (excludes halogenated alkanes) is 12. The highest BCUT2D eigenvalue weighted by molar-refractivity contribution is 7.47. The number of phosphoric acid groups is 2. The molecule has 0 spiro atoms. The molecule has 44 heteroatoms. The van der Waals surface area contributed by atoms with Gasteiger partial charge in [0.2, 0.25) is 53.2 Å². The van der Waals surface area contributed by atoms with Crippen LogP contribution in [-0.4, -0.2) is 353 Å². The largest absolute Gasteiger partial charge is 0.472 e. The third-order valence-electron chi connectivity index (χ3n) is 23.7. The molecule has 0 aromatic heterocycles. The third kappa shape index (κ3) is 45.8. The predicted octanol–water partition coefficient (Wildman–Crippen LogP) is 1.90. The molecule has 3 saturated heterocycles. The fourth-order valence-corrected chi connectivity index (χ4v) is 17.9. The minimum absolute atomic E-state index is 0.0294. The number of nitrogens with zero attached hydrogens (tertiary/aromatic N) is 3. The lowest BCUT2D eigenvalue weighted by Crippen LogP contribution is -2.64. The fourth-order valence-electron chi connectivity index (χ4n) is 16.5. The summed E-state index contributed by atoms with van der Waals surface area (Å²) in [6.45, 7) is 3.51. The van der Waals surface area contributed by atoms with Gasteiger partial charge in [0, 0.05) is 138 Å². The molecule has 19 atom stereocenters. The maximum Gasteiger partial charge on any atom is 0.472 e.